The van der Waals surface area contributed by atoms with Crippen molar-refractivity contribution >= 4 is 6.03 Å². The van der Waals surface area contributed by atoms with Crippen LogP contribution in [0, 0.1) is 0 Å². The molecule has 4 nitrogen and oxygen atoms in total. The fourth-order valence-electron chi connectivity index (χ4n) is 1.40. The third-order valence-corrected chi connectivity index (χ3v) is 2.26. The van der Waals surface area contributed by atoms with Gasteiger partial charge < -0.3 is 10.2 Å². The van der Waals surface area contributed by atoms with Gasteiger partial charge in [0.05, 0.1) is 0 Å². The molecule has 1 heterocycles. The molecule has 15 heavy (non-hydrogen) atoms. The first-order valence-electron chi connectivity index (χ1n) is 5.18. The van der Waals surface area contributed by atoms with Crippen molar-refractivity contribution < 1.29 is 4.79 Å². The molecule has 1 unspecified atom stereocenters. The smallest absolute Gasteiger partial charge is 0.322 e. The fourth-order valence-corrected chi connectivity index (χ4v) is 1.40. The average molecular weight is 209 g/mol. The van der Waals surface area contributed by atoms with E-state index >= 15 is 0 Å². The summed E-state index contributed by atoms with van der Waals surface area (Å²) in [6.45, 7) is 4.14. The van der Waals surface area contributed by atoms with E-state index in [0.717, 1.165) is 12.2 Å². The Kier molecular flexibility index (Phi) is 3.77. The van der Waals surface area contributed by atoms with Gasteiger partial charge in [0.25, 0.3) is 0 Å². The maximum atomic E-state index is 11.4. The second kappa shape index (κ2) is 4.87. The lowest BCUT2D eigenvalue weighted by molar-refractivity contribution is 0.219. The van der Waals surface area contributed by atoms with Crippen molar-refractivity contribution in [3.63, 3.8) is 0 Å². The molecule has 2 amide bonds. The molecule has 84 valence electrons. The highest BCUT2D eigenvalue weighted by Crippen LogP contribution is 2.10. The van der Waals surface area contributed by atoms with E-state index in [1.807, 2.05) is 13.0 Å². The van der Waals surface area contributed by atoms with E-state index in [9.17, 15) is 4.79 Å². The first kappa shape index (κ1) is 11.6. The van der Waals surface area contributed by atoms with Crippen molar-refractivity contribution in [1.29, 1.82) is 0 Å². The standard InChI is InChI=1S/C11H19N3O/c1-5-9-6-8(2)7-10(12-9)13-11(15)14(3)4/h6-7,9,12H,5H2,1-4H3,(H,13,15). The van der Waals surface area contributed by atoms with E-state index < -0.39 is 0 Å². The molecule has 0 spiro atoms. The van der Waals surface area contributed by atoms with E-state index in [0.29, 0.717) is 6.04 Å². The number of nitrogens with one attached hydrogen (secondary N) is 2. The number of urea groups is 1. The molecule has 0 saturated heterocycles. The third-order valence-electron chi connectivity index (χ3n) is 2.26. The summed E-state index contributed by atoms with van der Waals surface area (Å²) < 4.78 is 0. The summed E-state index contributed by atoms with van der Waals surface area (Å²) in [5, 5.41) is 6.05. The number of hydrogen-bond acceptors (Lipinski definition) is 2. The number of carbonyl (C=O) groups is 1. The lowest BCUT2D eigenvalue weighted by Crippen LogP contribution is -2.42. The van der Waals surface area contributed by atoms with Crippen LogP contribution in [0.2, 0.25) is 0 Å². The summed E-state index contributed by atoms with van der Waals surface area (Å²) in [6.07, 6.45) is 5.10. The number of allylic oxidation sites excluding steroid dienone is 2. The number of dihydropyridines is 1. The minimum absolute atomic E-state index is 0.113. The quantitative estimate of drug-likeness (QED) is 0.722. The Morgan fingerprint density at radius 3 is 2.80 bits per heavy atom. The largest absolute Gasteiger partial charge is 0.365 e. The molecule has 0 radical (unpaired) electrons. The Bertz CT molecular complexity index is 305. The second-order valence-electron chi connectivity index (χ2n) is 3.95. The summed E-state index contributed by atoms with van der Waals surface area (Å²) >= 11 is 0. The van der Waals surface area contributed by atoms with Crippen molar-refractivity contribution in [1.82, 2.24) is 15.5 Å². The van der Waals surface area contributed by atoms with Crippen LogP contribution in [-0.4, -0.2) is 31.1 Å². The van der Waals surface area contributed by atoms with Gasteiger partial charge in [0.1, 0.15) is 5.82 Å². The number of rotatable bonds is 2. The molecule has 4 heteroatoms. The van der Waals surface area contributed by atoms with E-state index in [-0.39, 0.29) is 6.03 Å². The fraction of sp³-hybridized carbons (Fsp3) is 0.545. The highest BCUT2D eigenvalue weighted by atomic mass is 16.2. The van der Waals surface area contributed by atoms with Crippen LogP contribution in [0.4, 0.5) is 4.79 Å². The first-order chi connectivity index (χ1) is 7.02. The van der Waals surface area contributed by atoms with Gasteiger partial charge in [-0.3, -0.25) is 5.32 Å². The van der Waals surface area contributed by atoms with Crippen LogP contribution in [0.5, 0.6) is 0 Å². The zero-order chi connectivity index (χ0) is 11.4. The zero-order valence-electron chi connectivity index (χ0n) is 9.79. The van der Waals surface area contributed by atoms with Gasteiger partial charge in [-0.05, 0) is 25.0 Å². The Hall–Kier alpha value is -1.45. The van der Waals surface area contributed by atoms with Gasteiger partial charge in [-0.2, -0.15) is 0 Å². The molecular formula is C11H19N3O. The SMILES string of the molecule is CCC1C=C(C)C=C(NC(=O)N(C)C)N1. The van der Waals surface area contributed by atoms with Crippen LogP contribution in [0.1, 0.15) is 20.3 Å². The Morgan fingerprint density at radius 2 is 2.27 bits per heavy atom. The van der Waals surface area contributed by atoms with Gasteiger partial charge in [-0.15, -0.1) is 0 Å². The number of hydrogen-bond donors (Lipinski definition) is 2. The molecule has 2 N–H and O–H groups in total. The maximum absolute atomic E-state index is 11.4. The topological polar surface area (TPSA) is 44.4 Å². The lowest BCUT2D eigenvalue weighted by Gasteiger charge is -2.24. The van der Waals surface area contributed by atoms with Crippen molar-refractivity contribution in [2.24, 2.45) is 0 Å². The molecule has 1 aliphatic heterocycles. The van der Waals surface area contributed by atoms with Crippen LogP contribution >= 0.6 is 0 Å². The van der Waals surface area contributed by atoms with Crippen LogP contribution in [0.25, 0.3) is 0 Å². The summed E-state index contributed by atoms with van der Waals surface area (Å²) in [7, 11) is 3.44. The summed E-state index contributed by atoms with van der Waals surface area (Å²) in [6, 6.07) is 0.200. The van der Waals surface area contributed by atoms with Crippen molar-refractivity contribution in [3.05, 3.63) is 23.5 Å². The second-order valence-corrected chi connectivity index (χ2v) is 3.95. The predicted octanol–water partition coefficient (Wildman–Crippen LogP) is 1.43. The van der Waals surface area contributed by atoms with Crippen molar-refractivity contribution in [2.75, 3.05) is 14.1 Å². The highest BCUT2D eigenvalue weighted by Gasteiger charge is 2.13. The normalized spacial score (nSPS) is 19.9. The number of nitrogens with zero attached hydrogens (tertiary/aromatic N) is 1. The van der Waals surface area contributed by atoms with E-state index in [1.54, 1.807) is 14.1 Å². The van der Waals surface area contributed by atoms with E-state index in [2.05, 4.69) is 23.6 Å². The Balaban J connectivity index is 2.64. The molecule has 1 atom stereocenters. The van der Waals surface area contributed by atoms with Gasteiger partial charge in [-0.25, -0.2) is 4.79 Å². The highest BCUT2D eigenvalue weighted by molar-refractivity contribution is 5.75. The van der Waals surface area contributed by atoms with Crippen molar-refractivity contribution in [2.45, 2.75) is 26.3 Å². The number of carbonyl (C=O) groups excluding carboxylic acids is 1. The number of amides is 2. The average Bonchev–Trinajstić information content (AvgIpc) is 2.16. The van der Waals surface area contributed by atoms with Crippen LogP contribution in [-0.2, 0) is 0 Å². The van der Waals surface area contributed by atoms with Crippen LogP contribution in [0.15, 0.2) is 23.5 Å². The molecule has 0 aromatic rings. The molecule has 0 aromatic carbocycles. The molecule has 1 aliphatic rings. The van der Waals surface area contributed by atoms with Gasteiger partial charge in [0.2, 0.25) is 0 Å². The minimum atomic E-state index is -0.113. The molecule has 1 rings (SSSR count). The maximum Gasteiger partial charge on any atom is 0.322 e. The summed E-state index contributed by atoms with van der Waals surface area (Å²) in [4.78, 5) is 12.9. The van der Waals surface area contributed by atoms with Gasteiger partial charge in [0.15, 0.2) is 0 Å². The first-order valence-corrected chi connectivity index (χ1v) is 5.18. The molecule has 0 aliphatic carbocycles. The van der Waals surface area contributed by atoms with Gasteiger partial charge >= 0.3 is 6.03 Å². The van der Waals surface area contributed by atoms with Crippen LogP contribution in [0.3, 0.4) is 0 Å². The van der Waals surface area contributed by atoms with Gasteiger partial charge in [0, 0.05) is 20.1 Å². The Morgan fingerprint density at radius 1 is 1.60 bits per heavy atom. The zero-order valence-corrected chi connectivity index (χ0v) is 9.79. The van der Waals surface area contributed by atoms with Crippen LogP contribution < -0.4 is 10.6 Å². The monoisotopic (exact) mass is 209 g/mol. The van der Waals surface area contributed by atoms with E-state index in [1.165, 1.54) is 10.5 Å². The molecule has 0 fully saturated rings. The van der Waals surface area contributed by atoms with Gasteiger partial charge in [-0.1, -0.05) is 13.0 Å². The summed E-state index contributed by atoms with van der Waals surface area (Å²) in [5.74, 6) is 0.778. The summed E-state index contributed by atoms with van der Waals surface area (Å²) in [5.41, 5.74) is 1.18. The van der Waals surface area contributed by atoms with Crippen molar-refractivity contribution in [3.8, 4) is 0 Å². The molecule has 0 saturated carbocycles. The molecule has 0 bridgehead atoms. The van der Waals surface area contributed by atoms with E-state index in [4.69, 9.17) is 0 Å². The third kappa shape index (κ3) is 3.31. The molecule has 0 aromatic heterocycles. The molecular weight excluding hydrogens is 190 g/mol. The Labute approximate surface area is 91.0 Å². The predicted molar refractivity (Wildman–Crippen MR) is 61.3 cm³/mol. The lowest BCUT2D eigenvalue weighted by atomic mass is 10.1. The minimum Gasteiger partial charge on any atom is -0.365 e.